The van der Waals surface area contributed by atoms with Crippen molar-refractivity contribution in [3.05, 3.63) is 212 Å². The Hall–Kier alpha value is -6.82. The zero-order chi connectivity index (χ0) is 36.3. The van der Waals surface area contributed by atoms with Crippen LogP contribution < -0.4 is 0 Å². The van der Waals surface area contributed by atoms with Gasteiger partial charge in [0, 0.05) is 32.0 Å². The summed E-state index contributed by atoms with van der Waals surface area (Å²) in [6, 6.07) is 48.1. The molecule has 0 saturated heterocycles. The third-order valence-corrected chi connectivity index (χ3v) is 12.5. The van der Waals surface area contributed by atoms with Crippen LogP contribution in [0.1, 0.15) is 74.1 Å². The molecule has 6 aromatic carbocycles. The number of carbonyl (C=O) groups excluding carboxylic acids is 4. The molecule has 0 aliphatic heterocycles. The highest BCUT2D eigenvalue weighted by molar-refractivity contribution is 7.16. The van der Waals surface area contributed by atoms with Crippen molar-refractivity contribution in [1.29, 1.82) is 0 Å². The van der Waals surface area contributed by atoms with Crippen molar-refractivity contribution >= 4 is 46.6 Å². The van der Waals surface area contributed by atoms with Crippen LogP contribution in [0.5, 0.6) is 0 Å². The molecule has 0 N–H and O–H groups in total. The van der Waals surface area contributed by atoms with E-state index in [1.807, 2.05) is 12.1 Å². The molecule has 1 spiro atoms. The molecule has 1 heterocycles. The number of thiophene rings is 1. The maximum absolute atomic E-state index is 13.4. The summed E-state index contributed by atoms with van der Waals surface area (Å²) >= 11 is 1.55. The normalized spacial score (nSPS) is 15.3. The molecule has 0 saturated carbocycles. The Morgan fingerprint density at radius 2 is 0.833 bits per heavy atom. The molecular weight excluding hydrogens is 685 g/mol. The Labute approximate surface area is 314 Å². The van der Waals surface area contributed by atoms with Crippen molar-refractivity contribution in [2.75, 3.05) is 0 Å². The maximum atomic E-state index is 13.4. The third-order valence-electron chi connectivity index (χ3n) is 11.4. The van der Waals surface area contributed by atoms with Crippen molar-refractivity contribution < 1.29 is 19.2 Å². The van der Waals surface area contributed by atoms with Crippen LogP contribution in [-0.2, 0) is 5.41 Å². The first kappa shape index (κ1) is 30.8. The highest BCUT2D eigenvalue weighted by Gasteiger charge is 2.51. The molecule has 0 fully saturated rings. The van der Waals surface area contributed by atoms with Gasteiger partial charge in [-0.1, -0.05) is 121 Å². The molecule has 4 nitrogen and oxygen atoms in total. The van der Waals surface area contributed by atoms with Crippen molar-refractivity contribution in [2.45, 2.75) is 5.41 Å². The van der Waals surface area contributed by atoms with Gasteiger partial charge in [-0.05, 0) is 92.1 Å². The molecule has 7 aromatic rings. The number of hydrogen-bond donors (Lipinski definition) is 0. The molecule has 0 atom stereocenters. The average molecular weight is 711 g/mol. The van der Waals surface area contributed by atoms with Crippen LogP contribution in [0.15, 0.2) is 157 Å². The van der Waals surface area contributed by atoms with Crippen molar-refractivity contribution in [1.82, 2.24) is 0 Å². The fourth-order valence-corrected chi connectivity index (χ4v) is 10.0. The van der Waals surface area contributed by atoms with Gasteiger partial charge in [0.1, 0.15) is 0 Å². The van der Waals surface area contributed by atoms with E-state index in [1.165, 1.54) is 22.3 Å². The van der Waals surface area contributed by atoms with Gasteiger partial charge in [-0.2, -0.15) is 0 Å². The average Bonchev–Trinajstić information content (AvgIpc) is 3.99. The Bertz CT molecular complexity index is 2850. The molecular formula is C49H26O4S. The Morgan fingerprint density at radius 3 is 1.39 bits per heavy atom. The summed E-state index contributed by atoms with van der Waals surface area (Å²) in [7, 11) is 0. The van der Waals surface area contributed by atoms with E-state index in [0.29, 0.717) is 22.3 Å². The van der Waals surface area contributed by atoms with Crippen LogP contribution in [0.2, 0.25) is 0 Å². The van der Waals surface area contributed by atoms with Gasteiger partial charge in [-0.3, -0.25) is 19.2 Å². The van der Waals surface area contributed by atoms with Crippen LogP contribution in [0.3, 0.4) is 0 Å². The van der Waals surface area contributed by atoms with Gasteiger partial charge in [0.2, 0.25) is 0 Å². The first-order chi connectivity index (χ1) is 26.4. The van der Waals surface area contributed by atoms with E-state index in [2.05, 4.69) is 84.9 Å². The quantitative estimate of drug-likeness (QED) is 0.135. The minimum Gasteiger partial charge on any atom is -0.288 e. The number of Topliss-reactive ketones (excluding diaryl/α,β-unsaturated/α-hetero) is 4. The van der Waals surface area contributed by atoms with Crippen LogP contribution in [0, 0.1) is 0 Å². The first-order valence-electron chi connectivity index (χ1n) is 17.8. The fraction of sp³-hybridized carbons (Fsp3) is 0.0204. The molecule has 0 radical (unpaired) electrons. The Morgan fingerprint density at radius 1 is 0.389 bits per heavy atom. The van der Waals surface area contributed by atoms with Crippen LogP contribution in [0.4, 0.5) is 0 Å². The lowest BCUT2D eigenvalue weighted by molar-refractivity contribution is 0.0975. The van der Waals surface area contributed by atoms with E-state index < -0.39 is 5.41 Å². The highest BCUT2D eigenvalue weighted by Crippen LogP contribution is 2.63. The van der Waals surface area contributed by atoms with E-state index in [1.54, 1.807) is 72.0 Å². The largest absolute Gasteiger partial charge is 0.288 e. The summed E-state index contributed by atoms with van der Waals surface area (Å²) in [6.45, 7) is 0. The lowest BCUT2D eigenvalue weighted by atomic mass is 9.70. The molecule has 0 unspecified atom stereocenters. The van der Waals surface area contributed by atoms with Crippen molar-refractivity contribution in [2.24, 2.45) is 0 Å². The van der Waals surface area contributed by atoms with Gasteiger partial charge in [0.25, 0.3) is 0 Å². The zero-order valence-electron chi connectivity index (χ0n) is 28.6. The number of rotatable bonds is 3. The van der Waals surface area contributed by atoms with E-state index in [0.717, 1.165) is 43.1 Å². The van der Waals surface area contributed by atoms with Gasteiger partial charge in [-0.25, -0.2) is 0 Å². The van der Waals surface area contributed by atoms with E-state index >= 15 is 0 Å². The number of ketones is 4. The second-order valence-corrected chi connectivity index (χ2v) is 15.2. The predicted molar refractivity (Wildman–Crippen MR) is 212 cm³/mol. The summed E-state index contributed by atoms with van der Waals surface area (Å²) in [5, 5.41) is 0. The van der Waals surface area contributed by atoms with E-state index in [4.69, 9.17) is 0 Å². The van der Waals surface area contributed by atoms with E-state index in [-0.39, 0.29) is 34.3 Å². The number of carbonyl (C=O) groups is 4. The van der Waals surface area contributed by atoms with Gasteiger partial charge in [0.15, 0.2) is 23.1 Å². The number of fused-ring (bicyclic) bond motifs is 12. The molecule has 252 valence electrons. The summed E-state index contributed by atoms with van der Waals surface area (Å²) in [5.41, 5.74) is 12.6. The summed E-state index contributed by atoms with van der Waals surface area (Å²) in [6.07, 6.45) is 3.47. The Kier molecular flexibility index (Phi) is 6.32. The minimum atomic E-state index is -0.647. The van der Waals surface area contributed by atoms with Crippen LogP contribution in [-0.4, -0.2) is 23.1 Å². The molecule has 11 rings (SSSR count). The maximum Gasteiger partial charge on any atom is 0.197 e. The van der Waals surface area contributed by atoms with Gasteiger partial charge in [-0.15, -0.1) is 11.3 Å². The lowest BCUT2D eigenvalue weighted by Crippen LogP contribution is -2.26. The smallest absolute Gasteiger partial charge is 0.197 e. The van der Waals surface area contributed by atoms with Crippen molar-refractivity contribution in [3.8, 4) is 32.7 Å². The first-order valence-corrected chi connectivity index (χ1v) is 18.6. The highest BCUT2D eigenvalue weighted by atomic mass is 32.1. The Balaban J connectivity index is 1.07. The summed E-state index contributed by atoms with van der Waals surface area (Å²) in [5.74, 6) is -0.954. The monoisotopic (exact) mass is 710 g/mol. The summed E-state index contributed by atoms with van der Waals surface area (Å²) < 4.78 is 0. The van der Waals surface area contributed by atoms with Gasteiger partial charge < -0.3 is 0 Å². The topological polar surface area (TPSA) is 68.3 Å². The van der Waals surface area contributed by atoms with Crippen LogP contribution >= 0.6 is 11.3 Å². The molecule has 4 aliphatic rings. The predicted octanol–water partition coefficient (Wildman–Crippen LogP) is 10.7. The lowest BCUT2D eigenvalue weighted by Gasteiger charge is -2.31. The molecule has 54 heavy (non-hydrogen) atoms. The minimum absolute atomic E-state index is 0.184. The molecule has 4 aliphatic carbocycles. The van der Waals surface area contributed by atoms with Gasteiger partial charge >= 0.3 is 0 Å². The van der Waals surface area contributed by atoms with Gasteiger partial charge in [0.05, 0.1) is 16.6 Å². The third kappa shape index (κ3) is 4.02. The molecule has 5 heteroatoms. The van der Waals surface area contributed by atoms with Crippen molar-refractivity contribution in [3.63, 3.8) is 0 Å². The van der Waals surface area contributed by atoms with Crippen LogP contribution in [0.25, 0.3) is 44.8 Å². The molecule has 0 bridgehead atoms. The summed E-state index contributed by atoms with van der Waals surface area (Å²) in [4.78, 5) is 55.0. The zero-order valence-corrected chi connectivity index (χ0v) is 29.4. The second kappa shape index (κ2) is 11.1. The molecule has 0 amide bonds. The fourth-order valence-electron chi connectivity index (χ4n) is 9.10. The standard InChI is InChI=1S/C49H26O4S/c50-45-34-11-1-2-12-35(34)46(51)38(45)23-27-17-20-32-33-21-18-28(44-22-19-29(54-44)26-39-47(52)36-13-3-4-14-37(36)48(39)53)25-43(33)49(42(32)24-27)40-15-7-5-9-30(40)31-10-6-8-16-41(31)49/h1-26H. The SMILES string of the molecule is O=C1C(=Cc2ccc3c(c2)C2(c4ccccc4-c4ccccc42)c2cc(-c4ccc(C=C5C(=O)c6ccccc6C5=O)s4)ccc2-3)C(=O)c2ccccc21. The molecule has 1 aromatic heterocycles. The number of hydrogen-bond acceptors (Lipinski definition) is 5. The number of benzene rings is 6. The number of allylic oxidation sites excluding steroid dienone is 2. The van der Waals surface area contributed by atoms with E-state index in [9.17, 15) is 19.2 Å². The second-order valence-electron chi connectivity index (χ2n) is 14.1.